The van der Waals surface area contributed by atoms with Gasteiger partial charge in [-0.15, -0.1) is 0 Å². The zero-order valence-corrected chi connectivity index (χ0v) is 12.3. The molecule has 1 saturated heterocycles. The van der Waals surface area contributed by atoms with E-state index < -0.39 is 0 Å². The fourth-order valence-corrected chi connectivity index (χ4v) is 3.85. The van der Waals surface area contributed by atoms with Gasteiger partial charge in [0, 0.05) is 25.6 Å². The molecule has 2 aliphatic rings. The first-order valence-electron chi connectivity index (χ1n) is 7.41. The van der Waals surface area contributed by atoms with E-state index in [0.29, 0.717) is 17.3 Å². The first kappa shape index (κ1) is 13.6. The van der Waals surface area contributed by atoms with Crippen LogP contribution in [0.5, 0.6) is 5.75 Å². The van der Waals surface area contributed by atoms with Crippen molar-refractivity contribution in [3.8, 4) is 5.75 Å². The van der Waals surface area contributed by atoms with E-state index in [2.05, 4.69) is 14.9 Å². The minimum absolute atomic E-state index is 0.302. The van der Waals surface area contributed by atoms with Crippen LogP contribution >= 0.6 is 0 Å². The van der Waals surface area contributed by atoms with Crippen LogP contribution < -0.4 is 9.64 Å². The highest BCUT2D eigenvalue weighted by Crippen LogP contribution is 2.46. The Morgan fingerprint density at radius 1 is 1.20 bits per heavy atom. The lowest BCUT2D eigenvalue weighted by Gasteiger charge is -2.43. The summed E-state index contributed by atoms with van der Waals surface area (Å²) in [7, 11) is 3.48. The molecule has 20 heavy (non-hydrogen) atoms. The second-order valence-electron chi connectivity index (χ2n) is 5.93. The molecular formula is C15H23N3O2. The van der Waals surface area contributed by atoms with Gasteiger partial charge < -0.3 is 14.4 Å². The number of aromatic nitrogens is 2. The summed E-state index contributed by atoms with van der Waals surface area (Å²) >= 11 is 0. The summed E-state index contributed by atoms with van der Waals surface area (Å²) in [4.78, 5) is 11.2. The smallest absolute Gasteiger partial charge is 0.225 e. The molecule has 1 aromatic heterocycles. The Hall–Kier alpha value is -1.36. The maximum atomic E-state index is 5.74. The van der Waals surface area contributed by atoms with Crippen LogP contribution in [0.1, 0.15) is 32.1 Å². The molecular weight excluding hydrogens is 254 g/mol. The van der Waals surface area contributed by atoms with Crippen LogP contribution in [0.4, 0.5) is 5.95 Å². The van der Waals surface area contributed by atoms with Crippen LogP contribution in [0.25, 0.3) is 0 Å². The van der Waals surface area contributed by atoms with E-state index in [1.807, 2.05) is 7.11 Å². The van der Waals surface area contributed by atoms with E-state index in [1.165, 1.54) is 32.1 Å². The van der Waals surface area contributed by atoms with Crippen molar-refractivity contribution >= 4 is 5.95 Å². The van der Waals surface area contributed by atoms with Gasteiger partial charge in [-0.1, -0.05) is 6.42 Å². The van der Waals surface area contributed by atoms with Gasteiger partial charge >= 0.3 is 0 Å². The van der Waals surface area contributed by atoms with Crippen molar-refractivity contribution in [3.05, 3.63) is 12.4 Å². The van der Waals surface area contributed by atoms with Crippen molar-refractivity contribution in [3.63, 3.8) is 0 Å². The van der Waals surface area contributed by atoms with E-state index in [1.54, 1.807) is 19.5 Å². The average Bonchev–Trinajstić information content (AvgIpc) is 2.89. The van der Waals surface area contributed by atoms with Crippen LogP contribution in [-0.4, -0.2) is 43.4 Å². The molecule has 0 unspecified atom stereocenters. The minimum atomic E-state index is 0.302. The Morgan fingerprint density at radius 3 is 2.65 bits per heavy atom. The Labute approximate surface area is 120 Å². The van der Waals surface area contributed by atoms with E-state index in [4.69, 9.17) is 9.47 Å². The second kappa shape index (κ2) is 5.56. The lowest BCUT2D eigenvalue weighted by atomic mass is 9.76. The van der Waals surface area contributed by atoms with Crippen LogP contribution in [-0.2, 0) is 4.74 Å². The van der Waals surface area contributed by atoms with E-state index >= 15 is 0 Å². The number of methoxy groups -OCH3 is 2. The first-order valence-corrected chi connectivity index (χ1v) is 7.41. The van der Waals surface area contributed by atoms with Crippen molar-refractivity contribution in [2.24, 2.45) is 5.41 Å². The first-order chi connectivity index (χ1) is 9.77. The molecule has 0 amide bonds. The molecule has 0 aromatic carbocycles. The number of hydrogen-bond donors (Lipinski definition) is 0. The molecule has 1 spiro atoms. The van der Waals surface area contributed by atoms with Gasteiger partial charge in [-0.2, -0.15) is 0 Å². The van der Waals surface area contributed by atoms with Crippen LogP contribution in [0.15, 0.2) is 12.4 Å². The van der Waals surface area contributed by atoms with Gasteiger partial charge in [-0.05, 0) is 25.7 Å². The molecule has 110 valence electrons. The Kier molecular flexibility index (Phi) is 3.78. The number of piperidine rings is 1. The van der Waals surface area contributed by atoms with Crippen molar-refractivity contribution < 1.29 is 9.47 Å². The van der Waals surface area contributed by atoms with Crippen LogP contribution in [0, 0.1) is 5.41 Å². The summed E-state index contributed by atoms with van der Waals surface area (Å²) in [6, 6.07) is 0. The van der Waals surface area contributed by atoms with Crippen molar-refractivity contribution in [1.82, 2.24) is 9.97 Å². The predicted molar refractivity (Wildman–Crippen MR) is 77.1 cm³/mol. The van der Waals surface area contributed by atoms with Gasteiger partial charge in [0.1, 0.15) is 0 Å². The highest BCUT2D eigenvalue weighted by molar-refractivity contribution is 5.33. The molecule has 1 aromatic rings. The summed E-state index contributed by atoms with van der Waals surface area (Å²) in [6.07, 6.45) is 10.1. The molecule has 0 radical (unpaired) electrons. The van der Waals surface area contributed by atoms with Gasteiger partial charge in [-0.25, -0.2) is 9.97 Å². The standard InChI is InChI=1S/C15H23N3O2/c1-19-12-9-16-14(17-10-12)18-8-4-7-15(11-18)6-3-5-13(15)20-2/h9-10,13H,3-8,11H2,1-2H3/t13-,15+/m1/s1. The zero-order chi connectivity index (χ0) is 14.0. The van der Waals surface area contributed by atoms with E-state index in [0.717, 1.165) is 19.0 Å². The third-order valence-electron chi connectivity index (χ3n) is 4.85. The molecule has 1 aliphatic heterocycles. The molecule has 2 fully saturated rings. The molecule has 1 aliphatic carbocycles. The Bertz CT molecular complexity index is 451. The number of ether oxygens (including phenoxy) is 2. The fraction of sp³-hybridized carbons (Fsp3) is 0.733. The number of nitrogens with zero attached hydrogens (tertiary/aromatic N) is 3. The molecule has 5 heteroatoms. The number of anilines is 1. The predicted octanol–water partition coefficient (Wildman–Crippen LogP) is 2.27. The monoisotopic (exact) mass is 277 g/mol. The Morgan fingerprint density at radius 2 is 1.95 bits per heavy atom. The number of rotatable bonds is 3. The van der Waals surface area contributed by atoms with Crippen LogP contribution in [0.3, 0.4) is 0 Å². The lowest BCUT2D eigenvalue weighted by Crippen LogP contribution is -2.48. The maximum absolute atomic E-state index is 5.74. The summed E-state index contributed by atoms with van der Waals surface area (Å²) in [5.74, 6) is 1.52. The molecule has 2 heterocycles. The van der Waals surface area contributed by atoms with Crippen molar-refractivity contribution in [1.29, 1.82) is 0 Å². The SMILES string of the molecule is COc1cnc(N2CCC[C@@]3(CCC[C@H]3OC)C2)nc1. The summed E-state index contributed by atoms with van der Waals surface area (Å²) in [6.45, 7) is 2.04. The quantitative estimate of drug-likeness (QED) is 0.848. The zero-order valence-electron chi connectivity index (χ0n) is 12.3. The molecule has 1 saturated carbocycles. The third kappa shape index (κ3) is 2.35. The van der Waals surface area contributed by atoms with Crippen LogP contribution in [0.2, 0.25) is 0 Å². The molecule has 5 nitrogen and oxygen atoms in total. The molecule has 0 N–H and O–H groups in total. The maximum Gasteiger partial charge on any atom is 0.225 e. The highest BCUT2D eigenvalue weighted by atomic mass is 16.5. The molecule has 0 bridgehead atoms. The molecule has 3 rings (SSSR count). The number of hydrogen-bond acceptors (Lipinski definition) is 5. The third-order valence-corrected chi connectivity index (χ3v) is 4.85. The van der Waals surface area contributed by atoms with Crippen molar-refractivity contribution in [2.45, 2.75) is 38.2 Å². The van der Waals surface area contributed by atoms with Gasteiger partial charge in [0.25, 0.3) is 0 Å². The lowest BCUT2D eigenvalue weighted by molar-refractivity contribution is 0.00204. The fourth-order valence-electron chi connectivity index (χ4n) is 3.85. The largest absolute Gasteiger partial charge is 0.494 e. The van der Waals surface area contributed by atoms with Gasteiger partial charge in [0.15, 0.2) is 5.75 Å². The second-order valence-corrected chi connectivity index (χ2v) is 5.93. The van der Waals surface area contributed by atoms with E-state index in [-0.39, 0.29) is 0 Å². The average molecular weight is 277 g/mol. The molecule has 2 atom stereocenters. The van der Waals surface area contributed by atoms with Gasteiger partial charge in [0.05, 0.1) is 25.6 Å². The van der Waals surface area contributed by atoms with Gasteiger partial charge in [0.2, 0.25) is 5.95 Å². The normalized spacial score (nSPS) is 29.9. The summed E-state index contributed by atoms with van der Waals surface area (Å²) < 4.78 is 10.9. The van der Waals surface area contributed by atoms with Crippen molar-refractivity contribution in [2.75, 3.05) is 32.2 Å². The topological polar surface area (TPSA) is 47.5 Å². The summed E-state index contributed by atoms with van der Waals surface area (Å²) in [5, 5.41) is 0. The minimum Gasteiger partial charge on any atom is -0.494 e. The van der Waals surface area contributed by atoms with E-state index in [9.17, 15) is 0 Å². The highest BCUT2D eigenvalue weighted by Gasteiger charge is 2.46. The van der Waals surface area contributed by atoms with Gasteiger partial charge in [-0.3, -0.25) is 0 Å². The Balaban J connectivity index is 1.77. The summed E-state index contributed by atoms with van der Waals surface area (Å²) in [5.41, 5.74) is 0.302.